The van der Waals surface area contributed by atoms with Gasteiger partial charge in [0.1, 0.15) is 16.5 Å². The molecule has 0 spiro atoms. The molecule has 0 amide bonds. The van der Waals surface area contributed by atoms with Crippen LogP contribution in [-0.2, 0) is 16.4 Å². The van der Waals surface area contributed by atoms with E-state index < -0.39 is 26.6 Å². The number of rotatable bonds is 7. The third-order valence-corrected chi connectivity index (χ3v) is 7.18. The summed E-state index contributed by atoms with van der Waals surface area (Å²) < 4.78 is 55.8. The Bertz CT molecular complexity index is 1210. The van der Waals surface area contributed by atoms with Crippen molar-refractivity contribution >= 4 is 21.4 Å². The quantitative estimate of drug-likeness (QED) is 0.580. The maximum atomic E-state index is 14.1. The van der Waals surface area contributed by atoms with Gasteiger partial charge in [0, 0.05) is 38.6 Å². The molecule has 0 saturated carbocycles. The zero-order valence-corrected chi connectivity index (χ0v) is 18.7. The summed E-state index contributed by atoms with van der Waals surface area (Å²) in [4.78, 5) is 3.45. The van der Waals surface area contributed by atoms with Crippen molar-refractivity contribution in [3.05, 3.63) is 89.5 Å². The zero-order valence-electron chi connectivity index (χ0n) is 17.9. The zero-order chi connectivity index (χ0) is 22.9. The van der Waals surface area contributed by atoms with Crippen molar-refractivity contribution in [3.8, 4) is 0 Å². The average Bonchev–Trinajstić information content (AvgIpc) is 3.20. The Morgan fingerprint density at radius 1 is 1.03 bits per heavy atom. The Balaban J connectivity index is 1.66. The molecule has 0 unspecified atom stereocenters. The summed E-state index contributed by atoms with van der Waals surface area (Å²) in [6, 6.07) is 18.0. The highest BCUT2D eigenvalue weighted by Crippen LogP contribution is 2.35. The number of halogens is 2. The maximum Gasteiger partial charge on any atom is 0.243 e. The largest absolute Gasteiger partial charge is 0.378 e. The first-order chi connectivity index (χ1) is 15.3. The molecule has 0 aromatic heterocycles. The minimum Gasteiger partial charge on any atom is -0.378 e. The van der Waals surface area contributed by atoms with Crippen molar-refractivity contribution in [1.82, 2.24) is 4.72 Å². The molecule has 1 atom stereocenters. The number of nitrogens with one attached hydrogen (secondary N) is 1. The van der Waals surface area contributed by atoms with E-state index in [9.17, 15) is 17.2 Å². The van der Waals surface area contributed by atoms with Crippen LogP contribution in [0.5, 0.6) is 0 Å². The number of sulfonamides is 1. The minimum absolute atomic E-state index is 0.00787. The van der Waals surface area contributed by atoms with E-state index in [0.717, 1.165) is 42.0 Å². The van der Waals surface area contributed by atoms with E-state index in [1.165, 1.54) is 5.56 Å². The van der Waals surface area contributed by atoms with Crippen LogP contribution in [0.3, 0.4) is 0 Å². The standard InChI is InChI=1S/C24H25F2N3O2S/c1-28(2)20-10-7-18(8-11-20)23(29-14-13-17-5-3-4-6-22(17)29)16-27-32(30,31)24-15-19(25)9-12-21(24)26/h3-12,15,23,27H,13-14,16H2,1-2H3/t23-/m1/s1. The molecule has 0 aliphatic carbocycles. The Kier molecular flexibility index (Phi) is 6.17. The molecule has 8 heteroatoms. The third kappa shape index (κ3) is 4.47. The van der Waals surface area contributed by atoms with Gasteiger partial charge in [-0.05, 0) is 53.9 Å². The highest BCUT2D eigenvalue weighted by atomic mass is 32.2. The molecule has 1 N–H and O–H groups in total. The summed E-state index contributed by atoms with van der Waals surface area (Å²) in [6.45, 7) is 0.740. The number of fused-ring (bicyclic) bond motifs is 1. The molecule has 168 valence electrons. The fourth-order valence-electron chi connectivity index (χ4n) is 4.04. The highest BCUT2D eigenvalue weighted by Gasteiger charge is 2.29. The summed E-state index contributed by atoms with van der Waals surface area (Å²) in [5.41, 5.74) is 4.19. The van der Waals surface area contributed by atoms with Crippen LogP contribution in [-0.4, -0.2) is 35.6 Å². The van der Waals surface area contributed by atoms with Gasteiger partial charge < -0.3 is 9.80 Å². The highest BCUT2D eigenvalue weighted by molar-refractivity contribution is 7.89. The van der Waals surface area contributed by atoms with Crippen LogP contribution in [0.4, 0.5) is 20.2 Å². The van der Waals surface area contributed by atoms with Crippen molar-refractivity contribution in [2.75, 3.05) is 37.0 Å². The van der Waals surface area contributed by atoms with E-state index in [1.54, 1.807) is 0 Å². The second kappa shape index (κ2) is 8.88. The van der Waals surface area contributed by atoms with Gasteiger partial charge in [-0.1, -0.05) is 30.3 Å². The van der Waals surface area contributed by atoms with Crippen LogP contribution in [0.15, 0.2) is 71.6 Å². The van der Waals surface area contributed by atoms with Crippen molar-refractivity contribution < 1.29 is 17.2 Å². The van der Waals surface area contributed by atoms with Crippen molar-refractivity contribution in [2.24, 2.45) is 0 Å². The average molecular weight is 458 g/mol. The summed E-state index contributed by atoms with van der Waals surface area (Å²) >= 11 is 0. The molecule has 0 radical (unpaired) electrons. The van der Waals surface area contributed by atoms with Crippen molar-refractivity contribution in [1.29, 1.82) is 0 Å². The SMILES string of the molecule is CN(C)c1ccc([C@@H](CNS(=O)(=O)c2cc(F)ccc2F)N2CCc3ccccc32)cc1. The molecule has 32 heavy (non-hydrogen) atoms. The summed E-state index contributed by atoms with van der Waals surface area (Å²) in [6.07, 6.45) is 0.855. The van der Waals surface area contributed by atoms with Gasteiger partial charge in [0.05, 0.1) is 6.04 Å². The molecule has 3 aromatic rings. The van der Waals surface area contributed by atoms with E-state index in [0.29, 0.717) is 6.07 Å². The Morgan fingerprint density at radius 2 is 1.75 bits per heavy atom. The number of anilines is 2. The van der Waals surface area contributed by atoms with Crippen LogP contribution in [0.1, 0.15) is 17.2 Å². The van der Waals surface area contributed by atoms with E-state index in [4.69, 9.17) is 0 Å². The van der Waals surface area contributed by atoms with Gasteiger partial charge in [-0.2, -0.15) is 0 Å². The lowest BCUT2D eigenvalue weighted by atomic mass is 10.0. The summed E-state index contributed by atoms with van der Waals surface area (Å²) in [5.74, 6) is -1.80. The molecule has 0 saturated heterocycles. The van der Waals surface area contributed by atoms with E-state index >= 15 is 0 Å². The molecular formula is C24H25F2N3O2S. The molecule has 4 rings (SSSR count). The lowest BCUT2D eigenvalue weighted by molar-refractivity contribution is 0.538. The number of para-hydroxylation sites is 1. The number of hydrogen-bond donors (Lipinski definition) is 1. The lowest BCUT2D eigenvalue weighted by Crippen LogP contribution is -2.37. The molecule has 1 aliphatic heterocycles. The van der Waals surface area contributed by atoms with Gasteiger partial charge in [0.25, 0.3) is 0 Å². The molecule has 3 aromatic carbocycles. The van der Waals surface area contributed by atoms with Crippen LogP contribution in [0.2, 0.25) is 0 Å². The number of benzene rings is 3. The first-order valence-corrected chi connectivity index (χ1v) is 11.8. The molecule has 0 bridgehead atoms. The van der Waals surface area contributed by atoms with Gasteiger partial charge in [-0.25, -0.2) is 21.9 Å². The third-order valence-electron chi connectivity index (χ3n) is 5.74. The first-order valence-electron chi connectivity index (χ1n) is 10.3. The first kappa shape index (κ1) is 22.2. The molecule has 1 aliphatic rings. The molecule has 0 fully saturated rings. The van der Waals surface area contributed by atoms with Crippen LogP contribution >= 0.6 is 0 Å². The fraction of sp³-hybridized carbons (Fsp3) is 0.250. The van der Waals surface area contributed by atoms with Crippen LogP contribution in [0.25, 0.3) is 0 Å². The lowest BCUT2D eigenvalue weighted by Gasteiger charge is -2.31. The van der Waals surface area contributed by atoms with Gasteiger partial charge in [0.15, 0.2) is 0 Å². The second-order valence-corrected chi connectivity index (χ2v) is 9.74. The maximum absolute atomic E-state index is 14.1. The van der Waals surface area contributed by atoms with Gasteiger partial charge >= 0.3 is 0 Å². The summed E-state index contributed by atoms with van der Waals surface area (Å²) in [5, 5.41) is 0. The van der Waals surface area contributed by atoms with Gasteiger partial charge in [-0.3, -0.25) is 0 Å². The molecular weight excluding hydrogens is 432 g/mol. The second-order valence-electron chi connectivity index (χ2n) is 8.00. The molecule has 1 heterocycles. The predicted octanol–water partition coefficient (Wildman–Crippen LogP) is 4.11. The smallest absolute Gasteiger partial charge is 0.243 e. The summed E-state index contributed by atoms with van der Waals surface area (Å²) in [7, 11) is -0.346. The predicted molar refractivity (Wildman–Crippen MR) is 123 cm³/mol. The normalized spacial score (nSPS) is 14.3. The Labute approximate surface area is 187 Å². The van der Waals surface area contributed by atoms with Crippen LogP contribution in [0, 0.1) is 11.6 Å². The van der Waals surface area contributed by atoms with Crippen molar-refractivity contribution in [2.45, 2.75) is 17.4 Å². The van der Waals surface area contributed by atoms with Gasteiger partial charge in [0.2, 0.25) is 10.0 Å². The monoisotopic (exact) mass is 457 g/mol. The van der Waals surface area contributed by atoms with E-state index in [2.05, 4.69) is 15.7 Å². The fourth-order valence-corrected chi connectivity index (χ4v) is 5.16. The Morgan fingerprint density at radius 3 is 2.47 bits per heavy atom. The van der Waals surface area contributed by atoms with Crippen LogP contribution < -0.4 is 14.5 Å². The number of hydrogen-bond acceptors (Lipinski definition) is 4. The van der Waals surface area contributed by atoms with E-state index in [-0.39, 0.29) is 12.6 Å². The number of nitrogens with zero attached hydrogens (tertiary/aromatic N) is 2. The topological polar surface area (TPSA) is 52.7 Å². The minimum atomic E-state index is -4.24. The Hall–Kier alpha value is -2.97. The molecule has 5 nitrogen and oxygen atoms in total. The van der Waals surface area contributed by atoms with E-state index in [1.807, 2.05) is 61.5 Å². The van der Waals surface area contributed by atoms with Crippen molar-refractivity contribution in [3.63, 3.8) is 0 Å². The van der Waals surface area contributed by atoms with Gasteiger partial charge in [-0.15, -0.1) is 0 Å².